The van der Waals surface area contributed by atoms with Gasteiger partial charge >= 0.3 is 5.97 Å². The summed E-state index contributed by atoms with van der Waals surface area (Å²) in [6.07, 6.45) is -0.162. The Labute approximate surface area is 149 Å². The van der Waals surface area contributed by atoms with Crippen LogP contribution in [0.5, 0.6) is 0 Å². The molecule has 0 aliphatic heterocycles. The van der Waals surface area contributed by atoms with Gasteiger partial charge in [0.2, 0.25) is 11.8 Å². The summed E-state index contributed by atoms with van der Waals surface area (Å²) in [4.78, 5) is 45.3. The van der Waals surface area contributed by atoms with Crippen LogP contribution < -0.4 is 21.5 Å². The minimum Gasteiger partial charge on any atom is -0.469 e. The Bertz CT molecular complexity index is 675. The van der Waals surface area contributed by atoms with Gasteiger partial charge in [-0.1, -0.05) is 0 Å². The molecule has 0 saturated heterocycles. The van der Waals surface area contributed by atoms with Crippen molar-refractivity contribution in [2.24, 2.45) is 0 Å². The first kappa shape index (κ1) is 20.0. The quantitative estimate of drug-likeness (QED) is 0.334. The van der Waals surface area contributed by atoms with Gasteiger partial charge < -0.3 is 15.4 Å². The van der Waals surface area contributed by atoms with Gasteiger partial charge in [-0.25, -0.2) is 0 Å². The molecular formula is C15H18N4O5S. The molecule has 0 spiro atoms. The van der Waals surface area contributed by atoms with Crippen LogP contribution in [-0.2, 0) is 19.1 Å². The van der Waals surface area contributed by atoms with E-state index in [-0.39, 0.29) is 23.9 Å². The van der Waals surface area contributed by atoms with E-state index in [1.54, 1.807) is 12.1 Å². The van der Waals surface area contributed by atoms with Crippen molar-refractivity contribution in [1.82, 2.24) is 16.2 Å². The summed E-state index contributed by atoms with van der Waals surface area (Å²) in [5.41, 5.74) is 5.57. The molecule has 0 bridgehead atoms. The second-order valence-corrected chi connectivity index (χ2v) is 5.20. The number of esters is 1. The Kier molecular flexibility index (Phi) is 8.00. The number of hydrogen-bond donors (Lipinski definition) is 4. The van der Waals surface area contributed by atoms with E-state index < -0.39 is 17.8 Å². The lowest BCUT2D eigenvalue weighted by Gasteiger charge is -2.11. The van der Waals surface area contributed by atoms with E-state index >= 15 is 0 Å². The summed E-state index contributed by atoms with van der Waals surface area (Å²) in [7, 11) is 1.23. The number of hydrogen-bond acceptors (Lipinski definition) is 6. The van der Waals surface area contributed by atoms with Gasteiger partial charge in [-0.05, 0) is 36.5 Å². The number of anilines is 1. The lowest BCUT2D eigenvalue weighted by molar-refractivity contribution is -0.142. The molecule has 0 fully saturated rings. The van der Waals surface area contributed by atoms with Crippen molar-refractivity contribution in [3.05, 3.63) is 29.8 Å². The Morgan fingerprint density at radius 2 is 1.68 bits per heavy atom. The van der Waals surface area contributed by atoms with E-state index in [1.165, 1.54) is 26.2 Å². The Balaban J connectivity index is 2.40. The number of thiocarbonyl (C=S) groups is 1. The maximum atomic E-state index is 11.9. The summed E-state index contributed by atoms with van der Waals surface area (Å²) >= 11 is 4.85. The van der Waals surface area contributed by atoms with Crippen molar-refractivity contribution in [1.29, 1.82) is 0 Å². The molecule has 9 nitrogen and oxygen atoms in total. The van der Waals surface area contributed by atoms with Crippen molar-refractivity contribution < 1.29 is 23.9 Å². The van der Waals surface area contributed by atoms with Crippen LogP contribution in [-0.4, -0.2) is 35.9 Å². The van der Waals surface area contributed by atoms with Gasteiger partial charge in [0, 0.05) is 24.6 Å². The predicted molar refractivity (Wildman–Crippen MR) is 93.3 cm³/mol. The van der Waals surface area contributed by atoms with Gasteiger partial charge in [0.15, 0.2) is 5.11 Å². The molecule has 0 aliphatic rings. The lowest BCUT2D eigenvalue weighted by Crippen LogP contribution is -2.48. The summed E-state index contributed by atoms with van der Waals surface area (Å²) in [6.45, 7) is 1.38. The molecule has 10 heteroatoms. The SMILES string of the molecule is COC(=O)CCC(=O)NC(=S)NNC(=O)c1ccc(NC(C)=O)cc1. The summed E-state index contributed by atoms with van der Waals surface area (Å²) in [5.74, 6) is -1.70. The van der Waals surface area contributed by atoms with Gasteiger partial charge in [0.25, 0.3) is 5.91 Å². The highest BCUT2D eigenvalue weighted by molar-refractivity contribution is 7.80. The molecule has 25 heavy (non-hydrogen) atoms. The maximum absolute atomic E-state index is 11.9. The first-order valence-corrected chi connectivity index (χ1v) is 7.57. The topological polar surface area (TPSA) is 126 Å². The third kappa shape index (κ3) is 7.88. The molecule has 1 aromatic rings. The predicted octanol–water partition coefficient (Wildman–Crippen LogP) is 0.234. The zero-order chi connectivity index (χ0) is 18.8. The first-order chi connectivity index (χ1) is 11.8. The summed E-state index contributed by atoms with van der Waals surface area (Å²) in [5, 5.41) is 4.77. The molecule has 0 aliphatic carbocycles. The maximum Gasteiger partial charge on any atom is 0.306 e. The van der Waals surface area contributed by atoms with Crippen LogP contribution in [0.25, 0.3) is 0 Å². The highest BCUT2D eigenvalue weighted by atomic mass is 32.1. The molecule has 134 valence electrons. The van der Waals surface area contributed by atoms with Crippen LogP contribution in [0.3, 0.4) is 0 Å². The van der Waals surface area contributed by atoms with Crippen molar-refractivity contribution in [3.63, 3.8) is 0 Å². The van der Waals surface area contributed by atoms with Gasteiger partial charge in [-0.3, -0.25) is 30.0 Å². The second kappa shape index (κ2) is 9.98. The zero-order valence-electron chi connectivity index (χ0n) is 13.7. The van der Waals surface area contributed by atoms with Crippen LogP contribution in [0.2, 0.25) is 0 Å². The van der Waals surface area contributed by atoms with Crippen molar-refractivity contribution in [2.45, 2.75) is 19.8 Å². The third-order valence-corrected chi connectivity index (χ3v) is 3.00. The van der Waals surface area contributed by atoms with Gasteiger partial charge in [-0.15, -0.1) is 0 Å². The van der Waals surface area contributed by atoms with Crippen LogP contribution in [0.1, 0.15) is 30.1 Å². The van der Waals surface area contributed by atoms with E-state index in [2.05, 4.69) is 26.2 Å². The number of benzene rings is 1. The molecule has 3 amide bonds. The third-order valence-electron chi connectivity index (χ3n) is 2.79. The summed E-state index contributed by atoms with van der Waals surface area (Å²) < 4.78 is 4.42. The van der Waals surface area contributed by atoms with E-state index in [9.17, 15) is 19.2 Å². The molecule has 0 atom stereocenters. The number of rotatable bonds is 5. The largest absolute Gasteiger partial charge is 0.469 e. The number of ether oxygens (including phenoxy) is 1. The Hall–Kier alpha value is -3.01. The van der Waals surface area contributed by atoms with Crippen molar-refractivity contribution in [2.75, 3.05) is 12.4 Å². The fraction of sp³-hybridized carbons (Fsp3) is 0.267. The highest BCUT2D eigenvalue weighted by Crippen LogP contribution is 2.09. The molecule has 0 aromatic heterocycles. The fourth-order valence-corrected chi connectivity index (χ4v) is 1.80. The normalized spacial score (nSPS) is 9.52. The van der Waals surface area contributed by atoms with Crippen molar-refractivity contribution in [3.8, 4) is 0 Å². The van der Waals surface area contributed by atoms with Crippen LogP contribution in [0.15, 0.2) is 24.3 Å². The van der Waals surface area contributed by atoms with E-state index in [4.69, 9.17) is 12.2 Å². The average Bonchev–Trinajstić information content (AvgIpc) is 2.57. The number of hydrazine groups is 1. The smallest absolute Gasteiger partial charge is 0.306 e. The number of carbonyl (C=O) groups is 4. The van der Waals surface area contributed by atoms with E-state index in [0.29, 0.717) is 11.3 Å². The fourth-order valence-electron chi connectivity index (χ4n) is 1.63. The van der Waals surface area contributed by atoms with Gasteiger partial charge in [-0.2, -0.15) is 0 Å². The Morgan fingerprint density at radius 3 is 2.24 bits per heavy atom. The average molecular weight is 366 g/mol. The minimum absolute atomic E-state index is 0.0715. The molecular weight excluding hydrogens is 348 g/mol. The van der Waals surface area contributed by atoms with Gasteiger partial charge in [0.1, 0.15) is 0 Å². The van der Waals surface area contributed by atoms with Crippen molar-refractivity contribution >= 4 is 46.7 Å². The second-order valence-electron chi connectivity index (χ2n) is 4.79. The molecule has 0 saturated carbocycles. The van der Waals surface area contributed by atoms with Gasteiger partial charge in [0.05, 0.1) is 13.5 Å². The highest BCUT2D eigenvalue weighted by Gasteiger charge is 2.10. The Morgan fingerprint density at radius 1 is 1.04 bits per heavy atom. The number of methoxy groups -OCH3 is 1. The minimum atomic E-state index is -0.509. The molecule has 1 rings (SSSR count). The molecule has 4 N–H and O–H groups in total. The van der Waals surface area contributed by atoms with Crippen LogP contribution in [0, 0.1) is 0 Å². The number of carbonyl (C=O) groups excluding carboxylic acids is 4. The van der Waals surface area contributed by atoms with E-state index in [0.717, 1.165) is 0 Å². The first-order valence-electron chi connectivity index (χ1n) is 7.16. The summed E-state index contributed by atoms with van der Waals surface area (Å²) in [6, 6.07) is 6.17. The molecule has 1 aromatic carbocycles. The monoisotopic (exact) mass is 366 g/mol. The molecule has 0 radical (unpaired) electrons. The van der Waals surface area contributed by atoms with E-state index in [1.807, 2.05) is 0 Å². The van der Waals surface area contributed by atoms with Crippen LogP contribution >= 0.6 is 12.2 Å². The number of amides is 3. The molecule has 0 unspecified atom stereocenters. The standard InChI is InChI=1S/C15H18N4O5S/c1-9(20)16-11-5-3-10(4-6-11)14(23)18-19-15(25)17-12(21)7-8-13(22)24-2/h3-6H,7-8H2,1-2H3,(H,16,20)(H,18,23)(H2,17,19,21,25). The zero-order valence-corrected chi connectivity index (χ0v) is 14.5. The molecule has 0 heterocycles. The lowest BCUT2D eigenvalue weighted by atomic mass is 10.2. The number of nitrogens with one attached hydrogen (secondary N) is 4. The van der Waals surface area contributed by atoms with Crippen LogP contribution in [0.4, 0.5) is 5.69 Å².